The minimum Gasteiger partial charge on any atom is -0.481 e. The Hall–Kier alpha value is -0.610. The summed E-state index contributed by atoms with van der Waals surface area (Å²) in [5.41, 5.74) is -0.561. The molecule has 0 aromatic carbocycles. The summed E-state index contributed by atoms with van der Waals surface area (Å²) in [4.78, 5) is 19.9. The summed E-state index contributed by atoms with van der Waals surface area (Å²) in [7, 11) is 0. The van der Waals surface area contributed by atoms with Gasteiger partial charge in [-0.3, -0.25) is 4.79 Å². The molecule has 0 amide bonds. The first-order valence-electron chi connectivity index (χ1n) is 3.58. The topological polar surface area (TPSA) is 63.6 Å². The summed E-state index contributed by atoms with van der Waals surface area (Å²) < 4.78 is 4.78. The summed E-state index contributed by atoms with van der Waals surface area (Å²) in [6.07, 6.45) is 1.59. The third-order valence-electron chi connectivity index (χ3n) is 1.17. The van der Waals surface area contributed by atoms with Crippen LogP contribution in [0.2, 0.25) is 0 Å². The third kappa shape index (κ3) is 7.50. The Kier molecular flexibility index (Phi) is 6.70. The summed E-state index contributed by atoms with van der Waals surface area (Å²) in [6, 6.07) is 0. The lowest BCUT2D eigenvalue weighted by molar-refractivity contribution is -0.137. The number of hydrogen-bond donors (Lipinski definition) is 1. The molecule has 0 heterocycles. The minimum atomic E-state index is -0.853. The highest BCUT2D eigenvalue weighted by Gasteiger charge is 2.05. The highest BCUT2D eigenvalue weighted by molar-refractivity contribution is 6.19. The Morgan fingerprint density at radius 1 is 1.67 bits per heavy atom. The van der Waals surface area contributed by atoms with Crippen molar-refractivity contribution in [3.63, 3.8) is 0 Å². The molecule has 12 heavy (non-hydrogen) atoms. The quantitative estimate of drug-likeness (QED) is 0.486. The Labute approximate surface area is 75.5 Å². The second kappa shape index (κ2) is 7.06. The molecule has 0 radical (unpaired) electrons. The van der Waals surface area contributed by atoms with Crippen LogP contribution in [0.3, 0.4) is 0 Å². The van der Waals surface area contributed by atoms with Crippen molar-refractivity contribution in [1.82, 2.24) is 0 Å². The van der Waals surface area contributed by atoms with Crippen LogP contribution in [0.15, 0.2) is 0 Å². The van der Waals surface area contributed by atoms with Crippen LogP contribution in [0, 0.1) is 0 Å². The van der Waals surface area contributed by atoms with Gasteiger partial charge in [-0.2, -0.15) is 0 Å². The van der Waals surface area contributed by atoms with Gasteiger partial charge in [-0.05, 0) is 12.8 Å². The van der Waals surface area contributed by atoms with Crippen molar-refractivity contribution >= 4 is 23.9 Å². The first-order valence-corrected chi connectivity index (χ1v) is 4.01. The fourth-order valence-electron chi connectivity index (χ4n) is 0.641. The first-order chi connectivity index (χ1) is 5.66. The Morgan fingerprint density at radius 2 is 2.33 bits per heavy atom. The van der Waals surface area contributed by atoms with E-state index in [9.17, 15) is 9.59 Å². The number of alkyl halides is 1. The zero-order chi connectivity index (χ0) is 9.40. The molecule has 0 saturated carbocycles. The number of rotatable bonds is 7. The van der Waals surface area contributed by atoms with E-state index in [1.807, 2.05) is 0 Å². The van der Waals surface area contributed by atoms with E-state index >= 15 is 0 Å². The maximum atomic E-state index is 10.1. The predicted molar refractivity (Wildman–Crippen MR) is 43.1 cm³/mol. The summed E-state index contributed by atoms with van der Waals surface area (Å²) in [5, 5.41) is 8.26. The van der Waals surface area contributed by atoms with Gasteiger partial charge in [-0.1, -0.05) is 11.6 Å². The molecule has 0 bridgehead atoms. The molecule has 5 heteroatoms. The van der Waals surface area contributed by atoms with E-state index in [1.165, 1.54) is 0 Å². The lowest BCUT2D eigenvalue weighted by Gasteiger charge is -2.06. The molecule has 4 nitrogen and oxygen atoms in total. The fourth-order valence-corrected chi connectivity index (χ4v) is 0.868. The van der Waals surface area contributed by atoms with Gasteiger partial charge in [-0.25, -0.2) is 0 Å². The Morgan fingerprint density at radius 3 is 2.83 bits per heavy atom. The average Bonchev–Trinajstić information content (AvgIpc) is 2.00. The number of ether oxygens (including phenoxy) is 1. The van der Waals surface area contributed by atoms with E-state index in [0.29, 0.717) is 19.1 Å². The van der Waals surface area contributed by atoms with E-state index in [0.717, 1.165) is 0 Å². The van der Waals surface area contributed by atoms with E-state index < -0.39 is 11.5 Å². The van der Waals surface area contributed by atoms with Crippen LogP contribution >= 0.6 is 11.6 Å². The fraction of sp³-hybridized carbons (Fsp3) is 0.714. The molecule has 0 aliphatic carbocycles. The number of carboxylic acid groups (broad SMARTS) is 1. The van der Waals surface area contributed by atoms with Crippen molar-refractivity contribution < 1.29 is 19.4 Å². The second-order valence-corrected chi connectivity index (χ2v) is 2.68. The zero-order valence-corrected chi connectivity index (χ0v) is 7.29. The first kappa shape index (κ1) is 11.4. The van der Waals surface area contributed by atoms with Gasteiger partial charge in [0.05, 0.1) is 0 Å². The van der Waals surface area contributed by atoms with Crippen LogP contribution in [0.4, 0.5) is 0 Å². The van der Waals surface area contributed by atoms with Gasteiger partial charge in [0.25, 0.3) is 0 Å². The molecule has 0 spiro atoms. The molecule has 0 aromatic heterocycles. The summed E-state index contributed by atoms with van der Waals surface area (Å²) in [5.74, 6) is -0.853. The van der Waals surface area contributed by atoms with Gasteiger partial charge in [0, 0.05) is 6.42 Å². The molecule has 0 saturated heterocycles. The number of halogens is 1. The highest BCUT2D eigenvalue weighted by atomic mass is 35.5. The van der Waals surface area contributed by atoms with Crippen molar-refractivity contribution in [3.05, 3.63) is 0 Å². The van der Waals surface area contributed by atoms with Crippen LogP contribution in [0.25, 0.3) is 0 Å². The standard InChI is InChI=1S/C7H11ClO4/c8-6(12-5-4-9)2-1-3-7(10)11/h4,6H,1-3,5H2,(H,10,11). The molecule has 0 fully saturated rings. The van der Waals surface area contributed by atoms with Crippen LogP contribution in [-0.4, -0.2) is 29.5 Å². The van der Waals surface area contributed by atoms with Crippen LogP contribution in [-0.2, 0) is 14.3 Å². The molecule has 1 unspecified atom stereocenters. The molecular weight excluding hydrogens is 184 g/mol. The average molecular weight is 195 g/mol. The minimum absolute atomic E-state index is 0.0404. The smallest absolute Gasteiger partial charge is 0.303 e. The summed E-state index contributed by atoms with van der Waals surface area (Å²) in [6.45, 7) is -0.0404. The van der Waals surface area contributed by atoms with Gasteiger partial charge in [-0.15, -0.1) is 0 Å². The number of aldehydes is 1. The monoisotopic (exact) mass is 194 g/mol. The Balaban J connectivity index is 3.24. The summed E-state index contributed by atoms with van der Waals surface area (Å²) >= 11 is 5.57. The third-order valence-corrected chi connectivity index (χ3v) is 1.51. The predicted octanol–water partition coefficient (Wildman–Crippen LogP) is 1.02. The second-order valence-electron chi connectivity index (χ2n) is 2.20. The van der Waals surface area contributed by atoms with Crippen molar-refractivity contribution in [2.75, 3.05) is 6.61 Å². The van der Waals surface area contributed by atoms with Gasteiger partial charge in [0.15, 0.2) is 0 Å². The molecule has 70 valence electrons. The number of carbonyl (C=O) groups excluding carboxylic acids is 1. The zero-order valence-electron chi connectivity index (χ0n) is 6.53. The van der Waals surface area contributed by atoms with Crippen LogP contribution in [0.5, 0.6) is 0 Å². The lowest BCUT2D eigenvalue weighted by atomic mass is 10.2. The molecule has 0 rings (SSSR count). The molecule has 1 N–H and O–H groups in total. The number of aliphatic carboxylic acids is 1. The van der Waals surface area contributed by atoms with Gasteiger partial charge < -0.3 is 14.6 Å². The van der Waals surface area contributed by atoms with Gasteiger partial charge in [0.2, 0.25) is 0 Å². The molecule has 1 atom stereocenters. The maximum absolute atomic E-state index is 10.1. The Bertz CT molecular complexity index is 148. The van der Waals surface area contributed by atoms with Crippen molar-refractivity contribution in [3.8, 4) is 0 Å². The highest BCUT2D eigenvalue weighted by Crippen LogP contribution is 2.08. The van der Waals surface area contributed by atoms with E-state index in [2.05, 4.69) is 0 Å². The van der Waals surface area contributed by atoms with Crippen molar-refractivity contribution in [1.29, 1.82) is 0 Å². The number of hydrogen-bond acceptors (Lipinski definition) is 3. The van der Waals surface area contributed by atoms with Gasteiger partial charge in [0.1, 0.15) is 18.5 Å². The molecule has 0 aliphatic rings. The van der Waals surface area contributed by atoms with Crippen LogP contribution < -0.4 is 0 Å². The molecule has 0 aliphatic heterocycles. The molecular formula is C7H11ClO4. The number of carboxylic acids is 1. The van der Waals surface area contributed by atoms with E-state index in [1.54, 1.807) is 0 Å². The number of carbonyl (C=O) groups is 2. The maximum Gasteiger partial charge on any atom is 0.303 e. The molecule has 0 aromatic rings. The van der Waals surface area contributed by atoms with Crippen molar-refractivity contribution in [2.24, 2.45) is 0 Å². The van der Waals surface area contributed by atoms with E-state index in [4.69, 9.17) is 21.4 Å². The van der Waals surface area contributed by atoms with E-state index in [-0.39, 0.29) is 13.0 Å². The van der Waals surface area contributed by atoms with Crippen LogP contribution in [0.1, 0.15) is 19.3 Å². The van der Waals surface area contributed by atoms with Gasteiger partial charge >= 0.3 is 5.97 Å². The SMILES string of the molecule is O=CCOC(Cl)CCCC(=O)O. The normalized spacial score (nSPS) is 12.4. The lowest BCUT2D eigenvalue weighted by Crippen LogP contribution is -2.07. The largest absolute Gasteiger partial charge is 0.481 e. The van der Waals surface area contributed by atoms with Crippen molar-refractivity contribution in [2.45, 2.75) is 24.8 Å².